The maximum atomic E-state index is 13.8. The lowest BCUT2D eigenvalue weighted by Crippen LogP contribution is -2.30. The molecule has 154 valence electrons. The molecule has 1 aromatic heterocycles. The molecule has 0 bridgehead atoms. The molecule has 0 aliphatic carbocycles. The summed E-state index contributed by atoms with van der Waals surface area (Å²) in [6, 6.07) is 8.03. The van der Waals surface area contributed by atoms with Gasteiger partial charge in [-0.3, -0.25) is 4.79 Å². The molecule has 3 aromatic rings. The van der Waals surface area contributed by atoms with Crippen LogP contribution in [0.1, 0.15) is 29.3 Å². The second-order valence-corrected chi connectivity index (χ2v) is 7.89. The minimum atomic E-state index is -1.24. The lowest BCUT2D eigenvalue weighted by Gasteiger charge is -2.30. The highest BCUT2D eigenvalue weighted by Gasteiger charge is 2.21. The lowest BCUT2D eigenvalue weighted by molar-refractivity contribution is 0.101. The van der Waals surface area contributed by atoms with Crippen molar-refractivity contribution in [3.63, 3.8) is 0 Å². The van der Waals surface area contributed by atoms with Gasteiger partial charge >= 0.3 is 0 Å². The molecule has 4 nitrogen and oxygen atoms in total. The molecule has 8 heteroatoms. The van der Waals surface area contributed by atoms with Gasteiger partial charge in [0.2, 0.25) is 0 Å². The summed E-state index contributed by atoms with van der Waals surface area (Å²) in [7, 11) is 0. The largest absolute Gasteiger partial charge is 0.343 e. The first-order chi connectivity index (χ1) is 14.4. The molecule has 1 aliphatic heterocycles. The van der Waals surface area contributed by atoms with Gasteiger partial charge in [-0.15, -0.1) is 11.3 Å². The van der Waals surface area contributed by atoms with Crippen LogP contribution < -0.4 is 10.2 Å². The summed E-state index contributed by atoms with van der Waals surface area (Å²) < 4.78 is 40.7. The summed E-state index contributed by atoms with van der Waals surface area (Å²) >= 11 is 1.60. The van der Waals surface area contributed by atoms with E-state index >= 15 is 0 Å². The first-order valence-corrected chi connectivity index (χ1v) is 10.2. The first kappa shape index (κ1) is 20.2. The fraction of sp³-hybridized carbons (Fsp3) is 0.182. The Morgan fingerprint density at radius 1 is 1.13 bits per heavy atom. The van der Waals surface area contributed by atoms with Gasteiger partial charge < -0.3 is 10.2 Å². The van der Waals surface area contributed by atoms with Crippen LogP contribution >= 0.6 is 11.3 Å². The van der Waals surface area contributed by atoms with Crippen molar-refractivity contribution in [3.8, 4) is 0 Å². The highest BCUT2D eigenvalue weighted by Crippen LogP contribution is 2.31. The molecular weight excluding hydrogens is 411 g/mol. The number of thiazole rings is 1. The zero-order valence-corrected chi connectivity index (χ0v) is 16.9. The van der Waals surface area contributed by atoms with Gasteiger partial charge in [0.25, 0.3) is 5.91 Å². The van der Waals surface area contributed by atoms with E-state index in [1.807, 2.05) is 17.5 Å². The molecular formula is C22H18F3N3OS. The van der Waals surface area contributed by atoms with Crippen molar-refractivity contribution in [1.29, 1.82) is 0 Å². The molecule has 1 amide bonds. The van der Waals surface area contributed by atoms with E-state index in [-0.39, 0.29) is 0 Å². The highest BCUT2D eigenvalue weighted by molar-refractivity contribution is 7.13. The fourth-order valence-corrected chi connectivity index (χ4v) is 4.11. The van der Waals surface area contributed by atoms with Crippen molar-refractivity contribution in [2.45, 2.75) is 13.3 Å². The van der Waals surface area contributed by atoms with E-state index in [4.69, 9.17) is 0 Å². The molecule has 1 N–H and O–H groups in total. The standard InChI is InChI=1S/C22H18F3N3OS/c1-13-6-8-28(22-26-7-9-30-22)12-17(13)14-2-4-16(5-3-14)27-21(29)20-18(24)10-15(23)11-19(20)25/h2-5,7,9-11H,6,8,12H2,1H3,(H,27,29). The third-order valence-corrected chi connectivity index (χ3v) is 5.87. The topological polar surface area (TPSA) is 45.2 Å². The lowest BCUT2D eigenvalue weighted by atomic mass is 9.95. The van der Waals surface area contributed by atoms with Gasteiger partial charge in [0.1, 0.15) is 23.0 Å². The highest BCUT2D eigenvalue weighted by atomic mass is 32.1. The molecule has 30 heavy (non-hydrogen) atoms. The minimum Gasteiger partial charge on any atom is -0.343 e. The Labute approximate surface area is 175 Å². The minimum absolute atomic E-state index is 0.387. The van der Waals surface area contributed by atoms with Crippen molar-refractivity contribution in [2.75, 3.05) is 23.3 Å². The number of hydrogen-bond donors (Lipinski definition) is 1. The number of halogens is 3. The van der Waals surface area contributed by atoms with Gasteiger partial charge in [-0.2, -0.15) is 0 Å². The molecule has 2 heterocycles. The predicted octanol–water partition coefficient (Wildman–Crippen LogP) is 5.50. The van der Waals surface area contributed by atoms with Crippen LogP contribution in [0.4, 0.5) is 24.0 Å². The molecule has 0 unspecified atom stereocenters. The molecule has 0 saturated carbocycles. The molecule has 4 rings (SSSR count). The Balaban J connectivity index is 1.51. The average Bonchev–Trinajstić information content (AvgIpc) is 3.23. The number of hydrogen-bond acceptors (Lipinski definition) is 4. The number of anilines is 2. The Bertz CT molecular complexity index is 1090. The Morgan fingerprint density at radius 2 is 1.83 bits per heavy atom. The molecule has 0 atom stereocenters. The third kappa shape index (κ3) is 4.09. The van der Waals surface area contributed by atoms with Crippen molar-refractivity contribution < 1.29 is 18.0 Å². The number of nitrogens with zero attached hydrogens (tertiary/aromatic N) is 2. The van der Waals surface area contributed by atoms with Crippen LogP contribution in [0.15, 0.2) is 53.5 Å². The number of amides is 1. The summed E-state index contributed by atoms with van der Waals surface area (Å²) in [5, 5.41) is 5.38. The van der Waals surface area contributed by atoms with Crippen LogP contribution in [0.3, 0.4) is 0 Å². The summed E-state index contributed by atoms with van der Waals surface area (Å²) in [6.07, 6.45) is 2.71. The van der Waals surface area contributed by atoms with E-state index in [0.29, 0.717) is 17.8 Å². The van der Waals surface area contributed by atoms with Crippen LogP contribution in [0.2, 0.25) is 0 Å². The van der Waals surface area contributed by atoms with E-state index < -0.39 is 28.9 Å². The zero-order valence-electron chi connectivity index (χ0n) is 16.1. The van der Waals surface area contributed by atoms with Crippen LogP contribution in [0.5, 0.6) is 0 Å². The number of rotatable bonds is 4. The molecule has 2 aromatic carbocycles. The van der Waals surface area contributed by atoms with E-state index in [1.165, 1.54) is 11.1 Å². The molecule has 1 aliphatic rings. The second kappa shape index (κ2) is 8.31. The van der Waals surface area contributed by atoms with Crippen molar-refractivity contribution in [2.24, 2.45) is 0 Å². The maximum absolute atomic E-state index is 13.8. The van der Waals surface area contributed by atoms with Crippen LogP contribution in [-0.2, 0) is 0 Å². The second-order valence-electron chi connectivity index (χ2n) is 7.02. The molecule has 0 radical (unpaired) electrons. The quantitative estimate of drug-likeness (QED) is 0.596. The fourth-order valence-electron chi connectivity index (χ4n) is 3.44. The van der Waals surface area contributed by atoms with Crippen LogP contribution in [0, 0.1) is 17.5 Å². The predicted molar refractivity (Wildman–Crippen MR) is 112 cm³/mol. The smallest absolute Gasteiger partial charge is 0.261 e. The number of nitrogens with one attached hydrogen (secondary N) is 1. The zero-order chi connectivity index (χ0) is 21.3. The molecule has 0 spiro atoms. The van der Waals surface area contributed by atoms with E-state index in [2.05, 4.69) is 22.1 Å². The summed E-state index contributed by atoms with van der Waals surface area (Å²) in [5.41, 5.74) is 3.05. The summed E-state index contributed by atoms with van der Waals surface area (Å²) in [5.74, 6) is -4.53. The van der Waals surface area contributed by atoms with Crippen molar-refractivity contribution in [1.82, 2.24) is 4.98 Å². The molecule has 0 fully saturated rings. The third-order valence-electron chi connectivity index (χ3n) is 5.04. The summed E-state index contributed by atoms with van der Waals surface area (Å²) in [6.45, 7) is 3.74. The molecule has 0 saturated heterocycles. The van der Waals surface area contributed by atoms with Crippen LogP contribution in [0.25, 0.3) is 5.57 Å². The number of carbonyl (C=O) groups is 1. The van der Waals surface area contributed by atoms with Crippen molar-refractivity contribution in [3.05, 3.63) is 82.1 Å². The van der Waals surface area contributed by atoms with Gasteiger partial charge in [-0.25, -0.2) is 18.2 Å². The SMILES string of the molecule is CC1=C(c2ccc(NC(=O)c3c(F)cc(F)cc3F)cc2)CN(c2nccs2)CC1. The summed E-state index contributed by atoms with van der Waals surface area (Å²) in [4.78, 5) is 18.8. The van der Waals surface area contributed by atoms with Gasteiger partial charge in [0.05, 0.1) is 0 Å². The van der Waals surface area contributed by atoms with E-state index in [9.17, 15) is 18.0 Å². The Hall–Kier alpha value is -3.13. The maximum Gasteiger partial charge on any atom is 0.261 e. The van der Waals surface area contributed by atoms with E-state index in [1.54, 1.807) is 29.7 Å². The van der Waals surface area contributed by atoms with Gasteiger partial charge in [0.15, 0.2) is 5.13 Å². The number of carbonyl (C=O) groups excluding carboxylic acids is 1. The number of aromatic nitrogens is 1. The average molecular weight is 429 g/mol. The normalized spacial score (nSPS) is 14.2. The van der Waals surface area contributed by atoms with Gasteiger partial charge in [-0.05, 0) is 36.6 Å². The van der Waals surface area contributed by atoms with Gasteiger partial charge in [0, 0.05) is 42.5 Å². The van der Waals surface area contributed by atoms with Gasteiger partial charge in [-0.1, -0.05) is 17.7 Å². The Morgan fingerprint density at radius 3 is 2.47 bits per heavy atom. The number of benzene rings is 2. The Kier molecular flexibility index (Phi) is 5.59. The van der Waals surface area contributed by atoms with E-state index in [0.717, 1.165) is 30.2 Å². The first-order valence-electron chi connectivity index (χ1n) is 9.32. The monoisotopic (exact) mass is 429 g/mol. The van der Waals surface area contributed by atoms with Crippen LogP contribution in [-0.4, -0.2) is 24.0 Å². The van der Waals surface area contributed by atoms with Crippen molar-refractivity contribution >= 4 is 33.6 Å².